The molecule has 4 nitrogen and oxygen atoms in total. The third kappa shape index (κ3) is 5.34. The topological polar surface area (TPSA) is 40.6 Å². The quantitative estimate of drug-likeness (QED) is 0.598. The number of hydrogen-bond donors (Lipinski definition) is 0. The van der Waals surface area contributed by atoms with Crippen molar-refractivity contribution in [3.8, 4) is 0 Å². The summed E-state index contributed by atoms with van der Waals surface area (Å²) in [7, 11) is 0. The molecule has 1 aliphatic carbocycles. The Morgan fingerprint density at radius 3 is 2.39 bits per heavy atom. The summed E-state index contributed by atoms with van der Waals surface area (Å²) in [6.45, 7) is 1.30. The van der Waals surface area contributed by atoms with E-state index in [0.717, 1.165) is 18.4 Å². The zero-order valence-corrected chi connectivity index (χ0v) is 18.1. The van der Waals surface area contributed by atoms with Crippen LogP contribution in [0.2, 0.25) is 5.02 Å². The van der Waals surface area contributed by atoms with Crippen LogP contribution in [-0.2, 0) is 16.1 Å². The number of likely N-dealkylation sites (tertiary alicyclic amines) is 1. The largest absolute Gasteiger partial charge is 0.339 e. The first-order valence-electron chi connectivity index (χ1n) is 10.8. The summed E-state index contributed by atoms with van der Waals surface area (Å²) in [5, 5.41) is 0.351. The molecule has 0 spiro atoms. The Labute approximate surface area is 187 Å². The Morgan fingerprint density at radius 1 is 1.03 bits per heavy atom. The molecule has 2 fully saturated rings. The molecule has 0 unspecified atom stereocenters. The van der Waals surface area contributed by atoms with Gasteiger partial charge in [-0.3, -0.25) is 9.59 Å². The van der Waals surface area contributed by atoms with Gasteiger partial charge in [0.1, 0.15) is 5.82 Å². The van der Waals surface area contributed by atoms with E-state index in [1.165, 1.54) is 6.07 Å². The van der Waals surface area contributed by atoms with Crippen LogP contribution in [0.25, 0.3) is 6.08 Å². The van der Waals surface area contributed by atoms with Crippen LogP contribution in [-0.4, -0.2) is 40.7 Å². The van der Waals surface area contributed by atoms with E-state index in [-0.39, 0.29) is 36.1 Å². The molecule has 6 heteroatoms. The molecular weight excluding hydrogens is 415 g/mol. The molecule has 2 aliphatic rings. The monoisotopic (exact) mass is 440 g/mol. The van der Waals surface area contributed by atoms with Crippen molar-refractivity contribution in [3.63, 3.8) is 0 Å². The van der Waals surface area contributed by atoms with Gasteiger partial charge in [0.05, 0.1) is 6.54 Å². The van der Waals surface area contributed by atoms with Gasteiger partial charge in [-0.25, -0.2) is 4.39 Å². The molecule has 1 heterocycles. The number of nitrogens with zero attached hydrogens (tertiary/aromatic N) is 2. The first kappa shape index (κ1) is 21.6. The van der Waals surface area contributed by atoms with Crippen molar-refractivity contribution in [2.75, 3.05) is 13.1 Å². The van der Waals surface area contributed by atoms with E-state index in [2.05, 4.69) is 0 Å². The maximum absolute atomic E-state index is 14.3. The van der Waals surface area contributed by atoms with Crippen LogP contribution in [0.3, 0.4) is 0 Å². The number of piperidine rings is 1. The number of amides is 2. The number of carbonyl (C=O) groups is 2. The van der Waals surface area contributed by atoms with Gasteiger partial charge >= 0.3 is 0 Å². The van der Waals surface area contributed by atoms with E-state index in [4.69, 9.17) is 11.6 Å². The van der Waals surface area contributed by atoms with Crippen LogP contribution in [0.1, 0.15) is 36.8 Å². The van der Waals surface area contributed by atoms with Gasteiger partial charge in [-0.2, -0.15) is 0 Å². The maximum atomic E-state index is 14.3. The average molecular weight is 441 g/mol. The molecular formula is C25H26ClFN2O2. The van der Waals surface area contributed by atoms with Gasteiger partial charge in [0.15, 0.2) is 0 Å². The van der Waals surface area contributed by atoms with Crippen molar-refractivity contribution < 1.29 is 14.0 Å². The summed E-state index contributed by atoms with van der Waals surface area (Å²) in [5.41, 5.74) is 1.36. The fourth-order valence-corrected chi connectivity index (χ4v) is 4.27. The summed E-state index contributed by atoms with van der Waals surface area (Å²) in [5.74, 6) is -0.509. The zero-order valence-electron chi connectivity index (χ0n) is 17.3. The van der Waals surface area contributed by atoms with Gasteiger partial charge in [-0.1, -0.05) is 48.0 Å². The Balaban J connectivity index is 1.35. The Bertz CT molecular complexity index is 946. The molecule has 2 amide bonds. The minimum absolute atomic E-state index is 0.0352. The summed E-state index contributed by atoms with van der Waals surface area (Å²) >= 11 is 6.19. The fraction of sp³-hybridized carbons (Fsp3) is 0.360. The number of hydrogen-bond acceptors (Lipinski definition) is 2. The third-order valence-electron chi connectivity index (χ3n) is 6.03. The van der Waals surface area contributed by atoms with Gasteiger partial charge in [0.2, 0.25) is 11.8 Å². The van der Waals surface area contributed by atoms with E-state index >= 15 is 0 Å². The molecule has 4 rings (SSSR count). The summed E-state index contributed by atoms with van der Waals surface area (Å²) < 4.78 is 14.3. The van der Waals surface area contributed by atoms with Crippen LogP contribution in [0, 0.1) is 11.7 Å². The number of carbonyl (C=O) groups excluding carboxylic acids is 2. The van der Waals surface area contributed by atoms with Crippen molar-refractivity contribution in [1.82, 2.24) is 9.80 Å². The van der Waals surface area contributed by atoms with Crippen molar-refractivity contribution in [1.29, 1.82) is 0 Å². The lowest BCUT2D eigenvalue weighted by Crippen LogP contribution is -2.44. The Morgan fingerprint density at radius 2 is 1.74 bits per heavy atom. The molecule has 1 saturated heterocycles. The first-order valence-corrected chi connectivity index (χ1v) is 11.2. The smallest absolute Gasteiger partial charge is 0.246 e. The molecule has 162 valence electrons. The van der Waals surface area contributed by atoms with Crippen molar-refractivity contribution in [2.45, 2.75) is 38.3 Å². The number of benzene rings is 2. The average Bonchev–Trinajstić information content (AvgIpc) is 3.63. The summed E-state index contributed by atoms with van der Waals surface area (Å²) in [4.78, 5) is 29.3. The van der Waals surface area contributed by atoms with Crippen molar-refractivity contribution in [2.24, 2.45) is 5.92 Å². The highest BCUT2D eigenvalue weighted by Crippen LogP contribution is 2.33. The fourth-order valence-electron chi connectivity index (χ4n) is 4.05. The normalized spacial score (nSPS) is 17.2. The molecule has 0 aromatic heterocycles. The van der Waals surface area contributed by atoms with Gasteiger partial charge in [0, 0.05) is 41.7 Å². The lowest BCUT2D eigenvalue weighted by molar-refractivity contribution is -0.140. The molecule has 31 heavy (non-hydrogen) atoms. The van der Waals surface area contributed by atoms with Gasteiger partial charge in [-0.05, 0) is 49.5 Å². The minimum Gasteiger partial charge on any atom is -0.339 e. The van der Waals surface area contributed by atoms with Crippen molar-refractivity contribution in [3.05, 3.63) is 76.6 Å². The molecule has 2 aromatic rings. The molecule has 1 aliphatic heterocycles. The van der Waals surface area contributed by atoms with Crippen LogP contribution in [0.5, 0.6) is 0 Å². The molecule has 1 saturated carbocycles. The van der Waals surface area contributed by atoms with Crippen LogP contribution in [0.4, 0.5) is 4.39 Å². The van der Waals surface area contributed by atoms with Gasteiger partial charge in [0.25, 0.3) is 0 Å². The molecule has 0 radical (unpaired) electrons. The lowest BCUT2D eigenvalue weighted by atomic mass is 9.94. The second kappa shape index (κ2) is 9.65. The van der Waals surface area contributed by atoms with Gasteiger partial charge in [-0.15, -0.1) is 0 Å². The van der Waals surface area contributed by atoms with E-state index in [1.54, 1.807) is 28.0 Å². The summed E-state index contributed by atoms with van der Waals surface area (Å²) in [6.07, 6.45) is 6.54. The highest BCUT2D eigenvalue weighted by Gasteiger charge is 2.37. The van der Waals surface area contributed by atoms with Crippen LogP contribution >= 0.6 is 11.6 Å². The highest BCUT2D eigenvalue weighted by atomic mass is 35.5. The van der Waals surface area contributed by atoms with E-state index in [9.17, 15) is 14.0 Å². The molecule has 0 N–H and O–H groups in total. The second-order valence-electron chi connectivity index (χ2n) is 8.24. The van der Waals surface area contributed by atoms with Crippen LogP contribution < -0.4 is 0 Å². The number of rotatable bonds is 6. The van der Waals surface area contributed by atoms with E-state index < -0.39 is 0 Å². The molecule has 0 bridgehead atoms. The number of halogens is 2. The second-order valence-corrected chi connectivity index (χ2v) is 8.65. The standard InChI is InChI=1S/C25H26ClFN2O2/c26-22-7-4-8-23(27)21(22)17-29(20-10-11-20)25(31)19-13-15-28(16-14-19)24(30)12-9-18-5-2-1-3-6-18/h1-9,12,19-20H,10-11,13-17H2/b12-9+. The Hall–Kier alpha value is -2.66. The zero-order chi connectivity index (χ0) is 21.8. The Kier molecular flexibility index (Phi) is 6.71. The molecule has 2 aromatic carbocycles. The van der Waals surface area contributed by atoms with Gasteiger partial charge < -0.3 is 9.80 Å². The molecule has 0 atom stereocenters. The SMILES string of the molecule is O=C(/C=C/c1ccccc1)N1CCC(C(=O)N(Cc2c(F)cccc2Cl)C2CC2)CC1. The van der Waals surface area contributed by atoms with E-state index in [0.29, 0.717) is 36.5 Å². The van der Waals surface area contributed by atoms with E-state index in [1.807, 2.05) is 36.4 Å². The first-order chi connectivity index (χ1) is 15.0. The third-order valence-corrected chi connectivity index (χ3v) is 6.39. The predicted molar refractivity (Wildman–Crippen MR) is 120 cm³/mol. The summed E-state index contributed by atoms with van der Waals surface area (Å²) in [6, 6.07) is 14.5. The minimum atomic E-state index is -0.378. The lowest BCUT2D eigenvalue weighted by Gasteiger charge is -2.34. The maximum Gasteiger partial charge on any atom is 0.246 e. The van der Waals surface area contributed by atoms with Crippen LogP contribution in [0.15, 0.2) is 54.6 Å². The van der Waals surface area contributed by atoms with Crippen molar-refractivity contribution >= 4 is 29.5 Å². The predicted octanol–water partition coefficient (Wildman–Crippen LogP) is 4.92. The highest BCUT2D eigenvalue weighted by molar-refractivity contribution is 6.31.